The number of hydrogen-bond donors (Lipinski definition) is 2. The van der Waals surface area contributed by atoms with E-state index in [2.05, 4.69) is 5.32 Å². The third-order valence-electron chi connectivity index (χ3n) is 6.31. The molecule has 0 aromatic heterocycles. The highest BCUT2D eigenvalue weighted by atomic mass is 35.5. The molecule has 2 atom stereocenters. The average molecular weight is 406 g/mol. The Morgan fingerprint density at radius 3 is 2.34 bits per heavy atom. The molecule has 2 unspecified atom stereocenters. The van der Waals surface area contributed by atoms with E-state index in [-0.39, 0.29) is 10.4 Å². The molecule has 3 amide bonds. The molecule has 3 aromatic rings. The summed E-state index contributed by atoms with van der Waals surface area (Å²) in [5.41, 5.74) is 3.59. The summed E-state index contributed by atoms with van der Waals surface area (Å²) in [6, 6.07) is 12.2. The minimum Gasteiger partial charge on any atom is -0.327 e. The zero-order valence-electron chi connectivity index (χ0n) is 15.2. The quantitative estimate of drug-likeness (QED) is 0.259. The zero-order valence-corrected chi connectivity index (χ0v) is 15.9. The first-order valence-corrected chi connectivity index (χ1v) is 9.42. The fourth-order valence-electron chi connectivity index (χ4n) is 4.91. The number of fused-ring (bicyclic) bond motifs is 4. The number of halogens is 1. The molecular formula is C21H14ClN4O3+. The molecule has 0 bridgehead atoms. The number of hydrazine groups is 1. The van der Waals surface area contributed by atoms with Crippen LogP contribution in [-0.2, 0) is 0 Å². The van der Waals surface area contributed by atoms with E-state index in [1.807, 2.05) is 19.2 Å². The van der Waals surface area contributed by atoms with Crippen LogP contribution in [0, 0.1) is 0 Å². The molecule has 3 aliphatic heterocycles. The van der Waals surface area contributed by atoms with E-state index in [1.165, 1.54) is 0 Å². The molecule has 29 heavy (non-hydrogen) atoms. The van der Waals surface area contributed by atoms with Gasteiger partial charge in [-0.2, -0.15) is 0 Å². The molecule has 3 aliphatic rings. The lowest BCUT2D eigenvalue weighted by atomic mass is 9.85. The summed E-state index contributed by atoms with van der Waals surface area (Å²) in [4.78, 5) is 38.9. The number of anilines is 1. The zero-order chi connectivity index (χ0) is 20.2. The van der Waals surface area contributed by atoms with Gasteiger partial charge >= 0.3 is 5.91 Å². The largest absolute Gasteiger partial charge is 0.353 e. The second-order valence-corrected chi connectivity index (χ2v) is 8.12. The van der Waals surface area contributed by atoms with Crippen molar-refractivity contribution in [2.45, 2.75) is 6.17 Å². The van der Waals surface area contributed by atoms with E-state index in [0.29, 0.717) is 37.5 Å². The van der Waals surface area contributed by atoms with Gasteiger partial charge < -0.3 is 5.32 Å². The molecular weight excluding hydrogens is 392 g/mol. The minimum atomic E-state index is -0.573. The Bertz CT molecular complexity index is 1330. The lowest BCUT2D eigenvalue weighted by Crippen LogP contribution is -2.54. The first kappa shape index (κ1) is 16.7. The summed E-state index contributed by atoms with van der Waals surface area (Å²) in [5, 5.41) is 5.74. The normalized spacial score (nSPS) is 23.9. The van der Waals surface area contributed by atoms with Crippen LogP contribution in [0.15, 0.2) is 42.5 Å². The van der Waals surface area contributed by atoms with Crippen molar-refractivity contribution in [3.05, 3.63) is 69.7 Å². The smallest absolute Gasteiger partial charge is 0.327 e. The van der Waals surface area contributed by atoms with Crippen LogP contribution in [0.1, 0.15) is 42.8 Å². The summed E-state index contributed by atoms with van der Waals surface area (Å²) in [6.07, 6.45) is -0.395. The maximum absolute atomic E-state index is 13.7. The molecule has 0 fully saturated rings. The predicted molar refractivity (Wildman–Crippen MR) is 108 cm³/mol. The molecule has 8 heteroatoms. The van der Waals surface area contributed by atoms with Crippen LogP contribution >= 0.6 is 11.6 Å². The highest BCUT2D eigenvalue weighted by Gasteiger charge is 2.55. The molecule has 142 valence electrons. The molecule has 6 rings (SSSR count). The molecule has 0 saturated carbocycles. The van der Waals surface area contributed by atoms with E-state index < -0.39 is 18.0 Å². The van der Waals surface area contributed by atoms with Crippen molar-refractivity contribution < 1.29 is 14.4 Å². The van der Waals surface area contributed by atoms with Crippen LogP contribution in [0.3, 0.4) is 0 Å². The van der Waals surface area contributed by atoms with Crippen molar-refractivity contribution in [3.8, 4) is 0 Å². The number of nitrogens with two attached hydrogens (primary N) is 1. The van der Waals surface area contributed by atoms with Gasteiger partial charge in [0.15, 0.2) is 5.69 Å². The van der Waals surface area contributed by atoms with Crippen LogP contribution in [0.25, 0.3) is 10.8 Å². The van der Waals surface area contributed by atoms with Crippen LogP contribution in [-0.4, -0.2) is 29.8 Å². The van der Waals surface area contributed by atoms with Gasteiger partial charge in [-0.3, -0.25) is 9.59 Å². The van der Waals surface area contributed by atoms with E-state index in [4.69, 9.17) is 17.4 Å². The van der Waals surface area contributed by atoms with Crippen molar-refractivity contribution in [2.24, 2.45) is 5.84 Å². The van der Waals surface area contributed by atoms with Crippen LogP contribution < -0.4 is 15.6 Å². The van der Waals surface area contributed by atoms with Crippen molar-refractivity contribution in [2.75, 3.05) is 12.4 Å². The Hall–Kier alpha value is -3.26. The fourth-order valence-corrected chi connectivity index (χ4v) is 5.09. The van der Waals surface area contributed by atoms with Gasteiger partial charge in [-0.15, -0.1) is 0 Å². The van der Waals surface area contributed by atoms with Gasteiger partial charge in [0, 0.05) is 27.4 Å². The lowest BCUT2D eigenvalue weighted by Gasteiger charge is -2.38. The van der Waals surface area contributed by atoms with Crippen molar-refractivity contribution in [3.63, 3.8) is 0 Å². The number of amides is 3. The van der Waals surface area contributed by atoms with E-state index in [1.54, 1.807) is 30.3 Å². The van der Waals surface area contributed by atoms with Crippen molar-refractivity contribution in [1.82, 2.24) is 9.49 Å². The van der Waals surface area contributed by atoms with Gasteiger partial charge in [-0.05, 0) is 36.4 Å². The van der Waals surface area contributed by atoms with E-state index >= 15 is 0 Å². The number of hydrogen-bond acceptors (Lipinski definition) is 5. The third kappa shape index (κ3) is 1.74. The van der Waals surface area contributed by atoms with Crippen molar-refractivity contribution in [1.29, 1.82) is 0 Å². The summed E-state index contributed by atoms with van der Waals surface area (Å²) < 4.78 is 0.0121. The standard InChI is InChI=1S/C21H14ClN4O3/c1-26-15-7-2-9(22)8-14(15)24-18(26)10-3-4-11-17-12(20(28)25(23)19(11)27)5-6-13(16(10)17)21(26)29/h2-8,18,24H,23H2,1H3/q+1. The third-order valence-corrected chi connectivity index (χ3v) is 6.54. The average Bonchev–Trinajstić information content (AvgIpc) is 3.01. The molecule has 7 nitrogen and oxygen atoms in total. The minimum absolute atomic E-state index is 0.0121. The molecule has 0 aliphatic carbocycles. The topological polar surface area (TPSA) is 92.5 Å². The maximum Gasteiger partial charge on any atom is 0.353 e. The molecule has 0 saturated heterocycles. The second-order valence-electron chi connectivity index (χ2n) is 7.68. The maximum atomic E-state index is 13.7. The number of rotatable bonds is 0. The highest BCUT2D eigenvalue weighted by Crippen LogP contribution is 2.53. The number of carbonyl (C=O) groups is 3. The summed E-state index contributed by atoms with van der Waals surface area (Å²) in [5.74, 6) is 4.42. The van der Waals surface area contributed by atoms with Gasteiger partial charge in [-0.25, -0.2) is 20.1 Å². The van der Waals surface area contributed by atoms with E-state index in [0.717, 1.165) is 16.9 Å². The first-order chi connectivity index (χ1) is 13.8. The number of nitrogens with one attached hydrogen (secondary N) is 1. The summed E-state index contributed by atoms with van der Waals surface area (Å²) in [7, 11) is 1.86. The molecule has 3 aromatic carbocycles. The lowest BCUT2D eigenvalue weighted by molar-refractivity contribution is 0.0608. The fraction of sp³-hybridized carbons (Fsp3) is 0.0952. The Morgan fingerprint density at radius 2 is 1.62 bits per heavy atom. The highest BCUT2D eigenvalue weighted by molar-refractivity contribution is 6.31. The number of imide groups is 1. The number of quaternary nitrogens is 1. The first-order valence-electron chi connectivity index (χ1n) is 9.05. The summed E-state index contributed by atoms with van der Waals surface area (Å²) in [6.45, 7) is 0. The summed E-state index contributed by atoms with van der Waals surface area (Å²) >= 11 is 6.16. The number of nitrogens with zero attached hydrogens (tertiary/aromatic N) is 2. The van der Waals surface area contributed by atoms with Gasteiger partial charge in [0.2, 0.25) is 6.17 Å². The predicted octanol–water partition coefficient (Wildman–Crippen LogP) is 3.18. The number of benzene rings is 3. The molecule has 0 radical (unpaired) electrons. The Kier molecular flexibility index (Phi) is 2.88. The van der Waals surface area contributed by atoms with Gasteiger partial charge in [0.1, 0.15) is 5.69 Å². The SMILES string of the molecule is C[N+]12C(=O)c3ccc4c5c(ccc(c35)C1Nc1cc(Cl)ccc12)C(=O)N(N)C4=O. The monoisotopic (exact) mass is 405 g/mol. The number of carbonyl (C=O) groups excluding carboxylic acids is 3. The second kappa shape index (κ2) is 5.01. The molecule has 3 N–H and O–H groups in total. The van der Waals surface area contributed by atoms with Crippen LogP contribution in [0.2, 0.25) is 5.02 Å². The van der Waals surface area contributed by atoms with E-state index in [9.17, 15) is 14.4 Å². The Labute approximate surface area is 169 Å². The van der Waals surface area contributed by atoms with Crippen LogP contribution in [0.4, 0.5) is 11.4 Å². The molecule has 0 spiro atoms. The van der Waals surface area contributed by atoms with Gasteiger partial charge in [-0.1, -0.05) is 11.6 Å². The Morgan fingerprint density at radius 1 is 0.966 bits per heavy atom. The van der Waals surface area contributed by atoms with Gasteiger partial charge in [0.05, 0.1) is 23.7 Å². The van der Waals surface area contributed by atoms with Gasteiger partial charge in [0.25, 0.3) is 11.8 Å². The van der Waals surface area contributed by atoms with Crippen molar-refractivity contribution >= 4 is 51.5 Å². The van der Waals surface area contributed by atoms with Crippen LogP contribution in [0.5, 0.6) is 0 Å². The Balaban J connectivity index is 1.72. The molecule has 3 heterocycles.